The second-order valence-electron chi connectivity index (χ2n) is 5.46. The summed E-state index contributed by atoms with van der Waals surface area (Å²) < 4.78 is 0. The van der Waals surface area contributed by atoms with Crippen LogP contribution in [0.1, 0.15) is 32.8 Å². The van der Waals surface area contributed by atoms with Crippen molar-refractivity contribution >= 4 is 0 Å². The maximum Gasteiger partial charge on any atom is 0.167 e. The van der Waals surface area contributed by atoms with Crippen LogP contribution >= 0.6 is 0 Å². The molecule has 19 heavy (non-hydrogen) atoms. The smallest absolute Gasteiger partial charge is 0.167 e. The Morgan fingerprint density at radius 2 is 1.84 bits per heavy atom. The summed E-state index contributed by atoms with van der Waals surface area (Å²) in [7, 11) is 0. The number of aliphatic hydroxyl groups is 1. The van der Waals surface area contributed by atoms with Gasteiger partial charge in [0.25, 0.3) is 0 Å². The first-order chi connectivity index (χ1) is 8.89. The van der Waals surface area contributed by atoms with Crippen molar-refractivity contribution in [2.24, 2.45) is 0 Å². The Bertz CT molecular complexity index is 557. The highest BCUT2D eigenvalue weighted by Crippen LogP contribution is 2.35. The van der Waals surface area contributed by atoms with Gasteiger partial charge < -0.3 is 10.2 Å². The van der Waals surface area contributed by atoms with Gasteiger partial charge in [0.1, 0.15) is 5.76 Å². The van der Waals surface area contributed by atoms with E-state index in [1.807, 2.05) is 19.1 Å². The first-order valence-corrected chi connectivity index (χ1v) is 6.30. The summed E-state index contributed by atoms with van der Waals surface area (Å²) in [5, 5.41) is 18.9. The zero-order valence-corrected chi connectivity index (χ0v) is 11.5. The Hall–Kier alpha value is -2.14. The van der Waals surface area contributed by atoms with Gasteiger partial charge in [-0.3, -0.25) is 0 Å². The first kappa shape index (κ1) is 13.3. The fraction of sp³-hybridized carbons (Fsp3) is 0.294. The Morgan fingerprint density at radius 3 is 2.47 bits per heavy atom. The number of aliphatic hydroxyl groups excluding tert-OH is 1. The van der Waals surface area contributed by atoms with Gasteiger partial charge in [-0.1, -0.05) is 37.1 Å². The molecule has 0 saturated carbocycles. The van der Waals surface area contributed by atoms with Crippen molar-refractivity contribution in [3.63, 3.8) is 0 Å². The van der Waals surface area contributed by atoms with Gasteiger partial charge in [0.15, 0.2) is 5.75 Å². The number of rotatable bonds is 2. The monoisotopic (exact) mass is 254 g/mol. The van der Waals surface area contributed by atoms with Gasteiger partial charge in [0, 0.05) is 11.0 Å². The minimum absolute atomic E-state index is 0.100. The van der Waals surface area contributed by atoms with Gasteiger partial charge in [-0.15, -0.1) is 0 Å². The summed E-state index contributed by atoms with van der Waals surface area (Å²) in [5.41, 5.74) is 3.06. The largest absolute Gasteiger partial charge is 0.508 e. The van der Waals surface area contributed by atoms with Crippen LogP contribution in [0.5, 0.6) is 5.75 Å². The fourth-order valence-corrected chi connectivity index (χ4v) is 2.24. The molecule has 1 aliphatic carbocycles. The van der Waals surface area contributed by atoms with Crippen LogP contribution in [0.15, 0.2) is 47.3 Å². The molecule has 1 aliphatic rings. The zero-order valence-electron chi connectivity index (χ0n) is 11.5. The van der Waals surface area contributed by atoms with E-state index in [1.54, 1.807) is 18.2 Å². The Morgan fingerprint density at radius 1 is 1.11 bits per heavy atom. The molecule has 2 rings (SSSR count). The molecule has 1 aromatic rings. The highest BCUT2D eigenvalue weighted by Gasteiger charge is 2.26. The van der Waals surface area contributed by atoms with Gasteiger partial charge in [-0.25, -0.2) is 0 Å². The molecule has 0 spiro atoms. The van der Waals surface area contributed by atoms with Crippen molar-refractivity contribution < 1.29 is 10.2 Å². The summed E-state index contributed by atoms with van der Waals surface area (Å²) in [6.07, 6.45) is 6.27. The molecule has 1 aromatic carbocycles. The van der Waals surface area contributed by atoms with Crippen molar-refractivity contribution in [1.82, 2.24) is 0 Å². The predicted octanol–water partition coefficient (Wildman–Crippen LogP) is 3.99. The van der Waals surface area contributed by atoms with Gasteiger partial charge >= 0.3 is 0 Å². The molecule has 2 nitrogen and oxygen atoms in total. The first-order valence-electron chi connectivity index (χ1n) is 6.30. The second-order valence-corrected chi connectivity index (χ2v) is 5.46. The van der Waals surface area contributed by atoms with Crippen LogP contribution in [-0.2, 0) is 5.41 Å². The predicted molar refractivity (Wildman–Crippen MR) is 76.0 cm³/mol. The van der Waals surface area contributed by atoms with Crippen molar-refractivity contribution in [3.8, 4) is 5.75 Å². The normalized spacial score (nSPS) is 15.8. The molecule has 0 bridgehead atoms. The molecule has 0 radical (unpaired) electrons. The van der Waals surface area contributed by atoms with Gasteiger partial charge in [-0.05, 0) is 43.7 Å². The number of hydrogen-bond donors (Lipinski definition) is 2. The summed E-state index contributed by atoms with van der Waals surface area (Å²) >= 11 is 0. The van der Waals surface area contributed by atoms with Crippen LogP contribution in [0.25, 0.3) is 0 Å². The van der Waals surface area contributed by atoms with Crippen LogP contribution in [-0.4, -0.2) is 10.2 Å². The lowest BCUT2D eigenvalue weighted by Crippen LogP contribution is -2.20. The Balaban J connectivity index is 2.39. The molecule has 0 aromatic heterocycles. The Labute approximate surface area is 114 Å². The van der Waals surface area contributed by atoms with E-state index in [-0.39, 0.29) is 16.9 Å². The molecule has 0 fully saturated rings. The molecule has 0 aliphatic heterocycles. The summed E-state index contributed by atoms with van der Waals surface area (Å²) in [4.78, 5) is 0. The SMILES string of the molecule is CC1=CC(O)=CC=C(C(C)(C)c2c#cc(O)cc2)C1. The number of hydrogen-bond acceptors (Lipinski definition) is 2. The molecule has 0 saturated heterocycles. The van der Waals surface area contributed by atoms with Crippen molar-refractivity contribution in [2.45, 2.75) is 32.6 Å². The fourth-order valence-electron chi connectivity index (χ4n) is 2.24. The van der Waals surface area contributed by atoms with E-state index in [0.717, 1.165) is 17.6 Å². The molecule has 98 valence electrons. The topological polar surface area (TPSA) is 40.5 Å². The lowest BCUT2D eigenvalue weighted by molar-refractivity contribution is 0.432. The van der Waals surface area contributed by atoms with Crippen LogP contribution in [0, 0.1) is 12.1 Å². The van der Waals surface area contributed by atoms with Crippen molar-refractivity contribution in [3.05, 3.63) is 65.0 Å². The summed E-state index contributed by atoms with van der Waals surface area (Å²) in [6, 6.07) is 9.19. The van der Waals surface area contributed by atoms with Crippen LogP contribution in [0.2, 0.25) is 0 Å². The minimum atomic E-state index is -0.222. The van der Waals surface area contributed by atoms with Gasteiger partial charge in [-0.2, -0.15) is 0 Å². The molecule has 0 unspecified atom stereocenters. The molecule has 2 N–H and O–H groups in total. The number of aromatic hydroxyl groups is 1. The average molecular weight is 254 g/mol. The van der Waals surface area contributed by atoms with Gasteiger partial charge in [0.05, 0.1) is 0 Å². The van der Waals surface area contributed by atoms with E-state index in [2.05, 4.69) is 26.0 Å². The highest BCUT2D eigenvalue weighted by atomic mass is 16.3. The lowest BCUT2D eigenvalue weighted by atomic mass is 9.76. The summed E-state index contributed by atoms with van der Waals surface area (Å²) in [6.45, 7) is 6.23. The summed E-state index contributed by atoms with van der Waals surface area (Å²) in [5.74, 6) is 0.382. The van der Waals surface area contributed by atoms with E-state index in [0.29, 0.717) is 0 Å². The van der Waals surface area contributed by atoms with E-state index >= 15 is 0 Å². The number of allylic oxidation sites excluding steroid dienone is 5. The van der Waals surface area contributed by atoms with E-state index in [9.17, 15) is 10.2 Å². The molecule has 0 atom stereocenters. The molecular weight excluding hydrogens is 236 g/mol. The average Bonchev–Trinajstić information content (AvgIpc) is 2.51. The third-order valence-corrected chi connectivity index (χ3v) is 3.53. The lowest BCUT2D eigenvalue weighted by Gasteiger charge is -2.27. The maximum atomic E-state index is 9.64. The minimum Gasteiger partial charge on any atom is -0.508 e. The van der Waals surface area contributed by atoms with Crippen molar-refractivity contribution in [2.75, 3.05) is 0 Å². The molecule has 0 amide bonds. The van der Waals surface area contributed by atoms with Crippen LogP contribution in [0.3, 0.4) is 0 Å². The molecular formula is C17H18O2. The van der Waals surface area contributed by atoms with E-state index < -0.39 is 0 Å². The maximum absolute atomic E-state index is 9.64. The third-order valence-electron chi connectivity index (χ3n) is 3.53. The third kappa shape index (κ3) is 2.82. The van der Waals surface area contributed by atoms with Crippen LogP contribution < -0.4 is 0 Å². The van der Waals surface area contributed by atoms with Gasteiger partial charge in [0.2, 0.25) is 0 Å². The molecule has 2 heteroatoms. The highest BCUT2D eigenvalue weighted by molar-refractivity contribution is 5.40. The van der Waals surface area contributed by atoms with Crippen molar-refractivity contribution in [1.29, 1.82) is 0 Å². The zero-order chi connectivity index (χ0) is 14.0. The molecule has 0 heterocycles. The Kier molecular flexibility index (Phi) is 3.40. The second kappa shape index (κ2) is 4.85. The van der Waals surface area contributed by atoms with Crippen LogP contribution in [0.4, 0.5) is 0 Å². The standard InChI is InChI=1S/C17H18O2/c1-12-10-14(6-9-16(19)11-12)17(2,3)13-4-7-15(18)8-5-13/h4,6-7,9,11,18-19H,10H2,1-3H3. The van der Waals surface area contributed by atoms with E-state index in [4.69, 9.17) is 0 Å². The van der Waals surface area contributed by atoms with E-state index in [1.165, 1.54) is 5.57 Å². The quantitative estimate of drug-likeness (QED) is 0.837.